The molecule has 4 aromatic rings. The first-order valence-corrected chi connectivity index (χ1v) is 8.79. The SMILES string of the molecule is COc1ccc(-c2[nH]c(-c3ccccc3)cc2Cc2ccccc2)cc1. The summed E-state index contributed by atoms with van der Waals surface area (Å²) in [5, 5.41) is 0. The van der Waals surface area contributed by atoms with Crippen LogP contribution in [0.25, 0.3) is 22.5 Å². The predicted molar refractivity (Wildman–Crippen MR) is 107 cm³/mol. The molecule has 0 spiro atoms. The van der Waals surface area contributed by atoms with E-state index in [1.165, 1.54) is 22.3 Å². The molecule has 0 bridgehead atoms. The molecule has 3 aromatic carbocycles. The summed E-state index contributed by atoms with van der Waals surface area (Å²) in [4.78, 5) is 3.63. The fraction of sp³-hybridized carbons (Fsp3) is 0.0833. The van der Waals surface area contributed by atoms with Crippen LogP contribution >= 0.6 is 0 Å². The number of aromatic amines is 1. The van der Waals surface area contributed by atoms with Crippen molar-refractivity contribution in [1.82, 2.24) is 4.98 Å². The summed E-state index contributed by atoms with van der Waals surface area (Å²) in [6.45, 7) is 0. The number of hydrogen-bond acceptors (Lipinski definition) is 1. The van der Waals surface area contributed by atoms with Crippen molar-refractivity contribution in [1.29, 1.82) is 0 Å². The summed E-state index contributed by atoms with van der Waals surface area (Å²) in [6.07, 6.45) is 0.894. The van der Waals surface area contributed by atoms with Gasteiger partial charge in [0.25, 0.3) is 0 Å². The van der Waals surface area contributed by atoms with E-state index in [2.05, 4.69) is 77.8 Å². The second kappa shape index (κ2) is 7.32. The molecule has 2 nitrogen and oxygen atoms in total. The van der Waals surface area contributed by atoms with E-state index in [-0.39, 0.29) is 0 Å². The first-order valence-electron chi connectivity index (χ1n) is 8.79. The Morgan fingerprint density at radius 1 is 0.731 bits per heavy atom. The van der Waals surface area contributed by atoms with Crippen molar-refractivity contribution in [3.05, 3.63) is 102 Å². The van der Waals surface area contributed by atoms with Crippen LogP contribution in [0, 0.1) is 0 Å². The molecule has 1 N–H and O–H groups in total. The van der Waals surface area contributed by atoms with E-state index < -0.39 is 0 Å². The summed E-state index contributed by atoms with van der Waals surface area (Å²) in [7, 11) is 1.69. The Balaban J connectivity index is 1.78. The van der Waals surface area contributed by atoms with E-state index in [4.69, 9.17) is 4.74 Å². The monoisotopic (exact) mass is 339 g/mol. The first-order chi connectivity index (χ1) is 12.8. The number of ether oxygens (including phenoxy) is 1. The van der Waals surface area contributed by atoms with Gasteiger partial charge in [0.15, 0.2) is 0 Å². The third-order valence-electron chi connectivity index (χ3n) is 4.60. The Bertz CT molecular complexity index is 970. The minimum atomic E-state index is 0.869. The van der Waals surface area contributed by atoms with Crippen molar-refractivity contribution in [3.63, 3.8) is 0 Å². The normalized spacial score (nSPS) is 10.7. The van der Waals surface area contributed by atoms with Gasteiger partial charge < -0.3 is 9.72 Å². The van der Waals surface area contributed by atoms with Gasteiger partial charge in [-0.05, 0) is 59.0 Å². The molecule has 0 saturated heterocycles. The Labute approximate surface area is 154 Å². The lowest BCUT2D eigenvalue weighted by atomic mass is 10.0. The van der Waals surface area contributed by atoms with Crippen molar-refractivity contribution >= 4 is 0 Å². The maximum Gasteiger partial charge on any atom is 0.118 e. The molecule has 0 atom stereocenters. The molecule has 1 aromatic heterocycles. The molecule has 128 valence electrons. The highest BCUT2D eigenvalue weighted by atomic mass is 16.5. The molecule has 26 heavy (non-hydrogen) atoms. The molecule has 0 unspecified atom stereocenters. The van der Waals surface area contributed by atoms with Gasteiger partial charge in [0.2, 0.25) is 0 Å². The summed E-state index contributed by atoms with van der Waals surface area (Å²) in [5.74, 6) is 0.869. The zero-order valence-corrected chi connectivity index (χ0v) is 14.8. The zero-order valence-electron chi connectivity index (χ0n) is 14.8. The molecular weight excluding hydrogens is 318 g/mol. The van der Waals surface area contributed by atoms with Gasteiger partial charge in [-0.3, -0.25) is 0 Å². The van der Waals surface area contributed by atoms with Crippen LogP contribution in [0.2, 0.25) is 0 Å². The highest BCUT2D eigenvalue weighted by Gasteiger charge is 2.12. The number of rotatable bonds is 5. The van der Waals surface area contributed by atoms with Gasteiger partial charge in [0.1, 0.15) is 5.75 Å². The fourth-order valence-electron chi connectivity index (χ4n) is 3.24. The average Bonchev–Trinajstić information content (AvgIpc) is 3.13. The van der Waals surface area contributed by atoms with Crippen LogP contribution in [0.5, 0.6) is 5.75 Å². The number of methoxy groups -OCH3 is 1. The van der Waals surface area contributed by atoms with Gasteiger partial charge in [0, 0.05) is 11.4 Å². The largest absolute Gasteiger partial charge is 0.497 e. The lowest BCUT2D eigenvalue weighted by molar-refractivity contribution is 0.415. The van der Waals surface area contributed by atoms with Gasteiger partial charge in [-0.15, -0.1) is 0 Å². The number of H-pyrrole nitrogens is 1. The van der Waals surface area contributed by atoms with E-state index in [9.17, 15) is 0 Å². The van der Waals surface area contributed by atoms with Crippen molar-refractivity contribution in [2.75, 3.05) is 7.11 Å². The van der Waals surface area contributed by atoms with Crippen LogP contribution in [-0.4, -0.2) is 12.1 Å². The highest BCUT2D eigenvalue weighted by molar-refractivity contribution is 5.72. The fourth-order valence-corrected chi connectivity index (χ4v) is 3.24. The van der Waals surface area contributed by atoms with E-state index in [0.717, 1.165) is 23.6 Å². The topological polar surface area (TPSA) is 25.0 Å². The zero-order chi connectivity index (χ0) is 17.8. The van der Waals surface area contributed by atoms with Crippen LogP contribution < -0.4 is 4.74 Å². The number of hydrogen-bond donors (Lipinski definition) is 1. The standard InChI is InChI=1S/C24H21NO/c1-26-22-14-12-20(13-15-22)24-21(16-18-8-4-2-5-9-18)17-23(25-24)19-10-6-3-7-11-19/h2-15,17,25H,16H2,1H3. The molecule has 0 fully saturated rings. The molecule has 2 heteroatoms. The number of nitrogens with one attached hydrogen (secondary N) is 1. The first kappa shape index (κ1) is 16.2. The van der Waals surface area contributed by atoms with Crippen LogP contribution in [-0.2, 0) is 6.42 Å². The quantitative estimate of drug-likeness (QED) is 0.477. The van der Waals surface area contributed by atoms with Gasteiger partial charge in [-0.2, -0.15) is 0 Å². The number of aromatic nitrogens is 1. The van der Waals surface area contributed by atoms with Crippen LogP contribution in [0.4, 0.5) is 0 Å². The summed E-state index contributed by atoms with van der Waals surface area (Å²) >= 11 is 0. The summed E-state index contributed by atoms with van der Waals surface area (Å²) in [5.41, 5.74) is 7.26. The summed E-state index contributed by atoms with van der Waals surface area (Å²) in [6, 6.07) is 31.5. The predicted octanol–water partition coefficient (Wildman–Crippen LogP) is 5.95. The molecule has 0 aliphatic rings. The van der Waals surface area contributed by atoms with Gasteiger partial charge in [-0.25, -0.2) is 0 Å². The molecule has 4 rings (SSSR count). The molecule has 1 heterocycles. The van der Waals surface area contributed by atoms with Crippen molar-refractivity contribution in [2.45, 2.75) is 6.42 Å². The minimum Gasteiger partial charge on any atom is -0.497 e. The Hall–Kier alpha value is -3.26. The Morgan fingerprint density at radius 3 is 2.04 bits per heavy atom. The third-order valence-corrected chi connectivity index (χ3v) is 4.60. The number of benzene rings is 3. The highest BCUT2D eigenvalue weighted by Crippen LogP contribution is 2.31. The van der Waals surface area contributed by atoms with E-state index >= 15 is 0 Å². The second-order valence-electron chi connectivity index (χ2n) is 6.34. The molecule has 0 aliphatic heterocycles. The Kier molecular flexibility index (Phi) is 4.57. The smallest absolute Gasteiger partial charge is 0.118 e. The van der Waals surface area contributed by atoms with Gasteiger partial charge >= 0.3 is 0 Å². The van der Waals surface area contributed by atoms with Crippen LogP contribution in [0.15, 0.2) is 91.0 Å². The molecule has 0 radical (unpaired) electrons. The van der Waals surface area contributed by atoms with Crippen LogP contribution in [0.1, 0.15) is 11.1 Å². The van der Waals surface area contributed by atoms with Crippen molar-refractivity contribution in [2.24, 2.45) is 0 Å². The maximum atomic E-state index is 5.30. The third kappa shape index (κ3) is 3.40. The minimum absolute atomic E-state index is 0.869. The average molecular weight is 339 g/mol. The van der Waals surface area contributed by atoms with E-state index in [1.807, 2.05) is 18.2 Å². The van der Waals surface area contributed by atoms with E-state index in [0.29, 0.717) is 0 Å². The lowest BCUT2D eigenvalue weighted by Gasteiger charge is -2.06. The molecular formula is C24H21NO. The Morgan fingerprint density at radius 2 is 1.38 bits per heavy atom. The molecule has 0 amide bonds. The van der Waals surface area contributed by atoms with Crippen LogP contribution in [0.3, 0.4) is 0 Å². The van der Waals surface area contributed by atoms with Crippen molar-refractivity contribution in [3.8, 4) is 28.3 Å². The maximum absolute atomic E-state index is 5.30. The van der Waals surface area contributed by atoms with Gasteiger partial charge in [0.05, 0.1) is 7.11 Å². The second-order valence-corrected chi connectivity index (χ2v) is 6.34. The molecule has 0 aliphatic carbocycles. The van der Waals surface area contributed by atoms with Crippen molar-refractivity contribution < 1.29 is 4.74 Å². The lowest BCUT2D eigenvalue weighted by Crippen LogP contribution is -1.90. The van der Waals surface area contributed by atoms with E-state index in [1.54, 1.807) is 7.11 Å². The van der Waals surface area contributed by atoms with Gasteiger partial charge in [-0.1, -0.05) is 60.7 Å². The molecule has 0 saturated carbocycles. The summed E-state index contributed by atoms with van der Waals surface area (Å²) < 4.78 is 5.30.